The zero-order valence-corrected chi connectivity index (χ0v) is 10.8. The summed E-state index contributed by atoms with van der Waals surface area (Å²) in [6.07, 6.45) is 0.138. The number of aromatic nitrogens is 2. The van der Waals surface area contributed by atoms with E-state index < -0.39 is 6.04 Å². The fraction of sp³-hybridized carbons (Fsp3) is 0.308. The Balaban J connectivity index is 2.20. The van der Waals surface area contributed by atoms with Crippen LogP contribution in [0.3, 0.4) is 0 Å². The first-order valence-electron chi connectivity index (χ1n) is 6.03. The first kappa shape index (κ1) is 11.7. The summed E-state index contributed by atoms with van der Waals surface area (Å²) in [5.74, 6) is -0.163. The summed E-state index contributed by atoms with van der Waals surface area (Å²) < 4.78 is 1.66. The number of rotatable bonds is 1. The zero-order valence-electron chi connectivity index (χ0n) is 10.8. The van der Waals surface area contributed by atoms with E-state index in [1.807, 2.05) is 25.1 Å². The number of likely N-dealkylation sites (N-methyl/N-ethyl adjacent to an activating group) is 1. The predicted molar refractivity (Wildman–Crippen MR) is 70.3 cm³/mol. The van der Waals surface area contributed by atoms with Crippen LogP contribution in [0.4, 0.5) is 5.95 Å². The van der Waals surface area contributed by atoms with Gasteiger partial charge in [0.05, 0.1) is 17.5 Å². The number of anilines is 1. The topological polar surface area (TPSA) is 81.2 Å². The Bertz CT molecular complexity index is 704. The Kier molecular flexibility index (Phi) is 2.35. The van der Waals surface area contributed by atoms with Gasteiger partial charge in [0.15, 0.2) is 0 Å². The van der Waals surface area contributed by atoms with Gasteiger partial charge in [-0.05, 0) is 24.6 Å². The number of hydrogen-bond acceptors (Lipinski definition) is 4. The second kappa shape index (κ2) is 3.81. The first-order valence-corrected chi connectivity index (χ1v) is 6.03. The number of imide groups is 1. The molecular weight excluding hydrogens is 244 g/mol. The van der Waals surface area contributed by atoms with Gasteiger partial charge in [-0.15, -0.1) is 0 Å². The van der Waals surface area contributed by atoms with Crippen molar-refractivity contribution in [3.8, 4) is 0 Å². The van der Waals surface area contributed by atoms with Gasteiger partial charge in [0, 0.05) is 7.05 Å². The Morgan fingerprint density at radius 1 is 1.37 bits per heavy atom. The number of likely N-dealkylation sites (tertiary alicyclic amines) is 1. The number of fused-ring (bicyclic) bond motifs is 1. The van der Waals surface area contributed by atoms with Crippen LogP contribution >= 0.6 is 0 Å². The molecule has 1 aliphatic rings. The van der Waals surface area contributed by atoms with E-state index in [4.69, 9.17) is 5.73 Å². The Morgan fingerprint density at radius 2 is 2.11 bits per heavy atom. The van der Waals surface area contributed by atoms with Crippen molar-refractivity contribution >= 4 is 28.8 Å². The lowest BCUT2D eigenvalue weighted by Crippen LogP contribution is -2.27. The molecule has 1 fully saturated rings. The lowest BCUT2D eigenvalue weighted by Gasteiger charge is -2.13. The van der Waals surface area contributed by atoms with E-state index in [2.05, 4.69) is 4.98 Å². The molecular formula is C13H14N4O2. The lowest BCUT2D eigenvalue weighted by molar-refractivity contribution is -0.137. The number of hydrogen-bond donors (Lipinski definition) is 1. The van der Waals surface area contributed by atoms with Crippen molar-refractivity contribution in [2.75, 3.05) is 12.8 Å². The molecule has 0 radical (unpaired) electrons. The molecule has 2 N–H and O–H groups in total. The average Bonchev–Trinajstić information content (AvgIpc) is 2.80. The van der Waals surface area contributed by atoms with Gasteiger partial charge in [-0.25, -0.2) is 4.98 Å². The van der Waals surface area contributed by atoms with E-state index >= 15 is 0 Å². The molecule has 3 rings (SSSR count). The second-order valence-electron chi connectivity index (χ2n) is 4.84. The monoisotopic (exact) mass is 258 g/mol. The quantitative estimate of drug-likeness (QED) is 0.769. The molecule has 0 saturated carbocycles. The maximum Gasteiger partial charge on any atom is 0.252 e. The third kappa shape index (κ3) is 1.60. The number of carbonyl (C=O) groups excluding carboxylic acids is 2. The van der Waals surface area contributed by atoms with Crippen LogP contribution in [0.25, 0.3) is 11.0 Å². The minimum Gasteiger partial charge on any atom is -0.369 e. The number of nitrogen functional groups attached to an aromatic ring is 1. The van der Waals surface area contributed by atoms with E-state index in [9.17, 15) is 9.59 Å². The minimum atomic E-state index is -0.579. The number of imidazole rings is 1. The van der Waals surface area contributed by atoms with Crippen LogP contribution < -0.4 is 5.73 Å². The van der Waals surface area contributed by atoms with Crippen molar-refractivity contribution < 1.29 is 9.59 Å². The van der Waals surface area contributed by atoms with Crippen LogP contribution in [0.2, 0.25) is 0 Å². The van der Waals surface area contributed by atoms with Gasteiger partial charge in [0.25, 0.3) is 5.91 Å². The fourth-order valence-corrected chi connectivity index (χ4v) is 2.49. The maximum absolute atomic E-state index is 12.1. The van der Waals surface area contributed by atoms with Crippen LogP contribution in [0.5, 0.6) is 0 Å². The fourth-order valence-electron chi connectivity index (χ4n) is 2.49. The zero-order chi connectivity index (χ0) is 13.7. The van der Waals surface area contributed by atoms with Gasteiger partial charge in [-0.1, -0.05) is 6.07 Å². The highest BCUT2D eigenvalue weighted by molar-refractivity contribution is 6.05. The highest BCUT2D eigenvalue weighted by Gasteiger charge is 2.38. The van der Waals surface area contributed by atoms with Crippen molar-refractivity contribution in [3.63, 3.8) is 0 Å². The molecule has 1 atom stereocenters. The van der Waals surface area contributed by atoms with Crippen LogP contribution in [0, 0.1) is 6.92 Å². The number of carbonyl (C=O) groups is 2. The number of benzene rings is 1. The van der Waals surface area contributed by atoms with Crippen LogP contribution in [-0.2, 0) is 9.59 Å². The lowest BCUT2D eigenvalue weighted by atomic mass is 10.2. The minimum absolute atomic E-state index is 0.138. The Labute approximate surface area is 109 Å². The van der Waals surface area contributed by atoms with Crippen LogP contribution in [0.1, 0.15) is 18.0 Å². The molecule has 2 heterocycles. The van der Waals surface area contributed by atoms with Crippen LogP contribution in [0.15, 0.2) is 18.2 Å². The molecule has 1 aromatic heterocycles. The van der Waals surface area contributed by atoms with Gasteiger partial charge in [0.1, 0.15) is 6.04 Å². The normalized spacial score (nSPS) is 19.7. The summed E-state index contributed by atoms with van der Waals surface area (Å²) in [6, 6.07) is 5.15. The average molecular weight is 258 g/mol. The van der Waals surface area contributed by atoms with Crippen molar-refractivity contribution in [3.05, 3.63) is 23.8 Å². The number of amides is 2. The van der Waals surface area contributed by atoms with E-state index in [0.29, 0.717) is 0 Å². The largest absolute Gasteiger partial charge is 0.369 e. The molecule has 6 nitrogen and oxygen atoms in total. The summed E-state index contributed by atoms with van der Waals surface area (Å²) in [7, 11) is 1.49. The summed E-state index contributed by atoms with van der Waals surface area (Å²) in [5, 5.41) is 0. The molecule has 2 aromatic rings. The molecule has 0 aliphatic carbocycles. The van der Waals surface area contributed by atoms with Gasteiger partial charge in [0.2, 0.25) is 11.9 Å². The summed E-state index contributed by atoms with van der Waals surface area (Å²) in [5.41, 5.74) is 8.49. The molecule has 0 bridgehead atoms. The molecule has 1 aromatic carbocycles. The SMILES string of the molecule is Cc1ccc2nc(N)n(C3CC(=O)N(C)C3=O)c2c1. The molecule has 19 heavy (non-hydrogen) atoms. The number of nitrogens with zero attached hydrogens (tertiary/aromatic N) is 3. The molecule has 1 aliphatic heterocycles. The van der Waals surface area contributed by atoms with Crippen molar-refractivity contribution in [2.24, 2.45) is 0 Å². The van der Waals surface area contributed by atoms with Crippen LogP contribution in [-0.4, -0.2) is 33.3 Å². The smallest absolute Gasteiger partial charge is 0.252 e. The maximum atomic E-state index is 12.1. The highest BCUT2D eigenvalue weighted by Crippen LogP contribution is 2.30. The van der Waals surface area contributed by atoms with E-state index in [1.54, 1.807) is 4.57 Å². The summed E-state index contributed by atoms with van der Waals surface area (Å²) in [6.45, 7) is 1.96. The Hall–Kier alpha value is -2.37. The molecule has 2 amide bonds. The third-order valence-electron chi connectivity index (χ3n) is 3.54. The standard InChI is InChI=1S/C13H14N4O2/c1-7-3-4-8-9(5-7)17(13(14)15-8)10-6-11(18)16(2)12(10)19/h3-5,10H,6H2,1-2H3,(H2,14,15). The van der Waals surface area contributed by atoms with E-state index in [0.717, 1.165) is 21.5 Å². The molecule has 0 spiro atoms. The van der Waals surface area contributed by atoms with Gasteiger partial charge in [-0.3, -0.25) is 19.1 Å². The second-order valence-corrected chi connectivity index (χ2v) is 4.84. The predicted octanol–water partition coefficient (Wildman–Crippen LogP) is 0.857. The third-order valence-corrected chi connectivity index (χ3v) is 3.54. The molecule has 1 saturated heterocycles. The van der Waals surface area contributed by atoms with Crippen molar-refractivity contribution in [1.29, 1.82) is 0 Å². The highest BCUT2D eigenvalue weighted by atomic mass is 16.2. The molecule has 98 valence electrons. The molecule has 6 heteroatoms. The number of nitrogens with two attached hydrogens (primary N) is 1. The van der Waals surface area contributed by atoms with Crippen molar-refractivity contribution in [1.82, 2.24) is 14.5 Å². The van der Waals surface area contributed by atoms with Gasteiger partial charge >= 0.3 is 0 Å². The van der Waals surface area contributed by atoms with Gasteiger partial charge in [-0.2, -0.15) is 0 Å². The number of aryl methyl sites for hydroxylation is 1. The summed E-state index contributed by atoms with van der Waals surface area (Å²) >= 11 is 0. The van der Waals surface area contributed by atoms with E-state index in [-0.39, 0.29) is 24.2 Å². The summed E-state index contributed by atoms with van der Waals surface area (Å²) in [4.78, 5) is 29.1. The van der Waals surface area contributed by atoms with E-state index in [1.165, 1.54) is 7.05 Å². The Morgan fingerprint density at radius 3 is 2.74 bits per heavy atom. The van der Waals surface area contributed by atoms with Gasteiger partial charge < -0.3 is 5.73 Å². The first-order chi connectivity index (χ1) is 8.99. The van der Waals surface area contributed by atoms with Crippen molar-refractivity contribution in [2.45, 2.75) is 19.4 Å². The molecule has 1 unspecified atom stereocenters.